The van der Waals surface area contributed by atoms with Crippen LogP contribution in [0.5, 0.6) is 0 Å². The summed E-state index contributed by atoms with van der Waals surface area (Å²) in [7, 11) is 0. The van der Waals surface area contributed by atoms with Crippen molar-refractivity contribution in [2.24, 2.45) is 0 Å². The molecule has 2 rings (SSSR count). The van der Waals surface area contributed by atoms with Gasteiger partial charge in [0.05, 0.1) is 5.69 Å². The molecule has 0 N–H and O–H groups in total. The van der Waals surface area contributed by atoms with Crippen LogP contribution in [0.25, 0.3) is 5.69 Å². The predicted octanol–water partition coefficient (Wildman–Crippen LogP) is 1.86. The number of rotatable bonds is 2. The van der Waals surface area contributed by atoms with Crippen molar-refractivity contribution in [3.63, 3.8) is 0 Å². The Morgan fingerprint density at radius 2 is 2.06 bits per heavy atom. The van der Waals surface area contributed by atoms with Gasteiger partial charge in [-0.3, -0.25) is 4.79 Å². The predicted molar refractivity (Wildman–Crippen MR) is 58.4 cm³/mol. The zero-order valence-electron chi connectivity index (χ0n) is 8.71. The highest BCUT2D eigenvalue weighted by molar-refractivity contribution is 5.75. The molecule has 16 heavy (non-hydrogen) atoms. The molecule has 0 radical (unpaired) electrons. The Labute approximate surface area is 92.7 Å². The van der Waals surface area contributed by atoms with Crippen molar-refractivity contribution in [1.82, 2.24) is 9.78 Å². The van der Waals surface area contributed by atoms with E-state index in [9.17, 15) is 4.79 Å². The zero-order valence-corrected chi connectivity index (χ0v) is 8.71. The first-order valence-corrected chi connectivity index (χ1v) is 4.77. The molecule has 0 spiro atoms. The topological polar surface area (TPSA) is 58.7 Å². The SMILES string of the molecule is Cc1cc(C#N)nn1-c1ccc(C=O)cc1. The lowest BCUT2D eigenvalue weighted by molar-refractivity contribution is 0.112. The number of benzene rings is 1. The minimum Gasteiger partial charge on any atom is -0.298 e. The molecule has 4 nitrogen and oxygen atoms in total. The Morgan fingerprint density at radius 3 is 2.56 bits per heavy atom. The van der Waals surface area contributed by atoms with Crippen molar-refractivity contribution in [3.8, 4) is 11.8 Å². The fourth-order valence-corrected chi connectivity index (χ4v) is 1.48. The Morgan fingerprint density at radius 1 is 1.38 bits per heavy atom. The number of carbonyl (C=O) groups is 1. The molecule has 1 aromatic heterocycles. The summed E-state index contributed by atoms with van der Waals surface area (Å²) in [5.41, 5.74) is 2.73. The van der Waals surface area contributed by atoms with E-state index in [-0.39, 0.29) is 0 Å². The Balaban J connectivity index is 2.46. The summed E-state index contributed by atoms with van der Waals surface area (Å²) in [6.45, 7) is 1.88. The summed E-state index contributed by atoms with van der Waals surface area (Å²) in [6.07, 6.45) is 0.792. The highest BCUT2D eigenvalue weighted by atomic mass is 16.1. The van der Waals surface area contributed by atoms with Gasteiger partial charge in [0, 0.05) is 11.3 Å². The molecule has 0 aliphatic carbocycles. The fourth-order valence-electron chi connectivity index (χ4n) is 1.48. The van der Waals surface area contributed by atoms with Gasteiger partial charge in [-0.15, -0.1) is 0 Å². The monoisotopic (exact) mass is 211 g/mol. The summed E-state index contributed by atoms with van der Waals surface area (Å²) in [6, 6.07) is 10.7. The molecule has 0 unspecified atom stereocenters. The lowest BCUT2D eigenvalue weighted by atomic mass is 10.2. The van der Waals surface area contributed by atoms with E-state index in [0.717, 1.165) is 17.7 Å². The first-order chi connectivity index (χ1) is 7.74. The highest BCUT2D eigenvalue weighted by Gasteiger charge is 2.05. The van der Waals surface area contributed by atoms with Gasteiger partial charge >= 0.3 is 0 Å². The van der Waals surface area contributed by atoms with Crippen molar-refractivity contribution in [3.05, 3.63) is 47.3 Å². The van der Waals surface area contributed by atoms with Crippen LogP contribution in [0, 0.1) is 18.3 Å². The van der Waals surface area contributed by atoms with Crippen LogP contribution in [0.3, 0.4) is 0 Å². The largest absolute Gasteiger partial charge is 0.298 e. The number of nitriles is 1. The quantitative estimate of drug-likeness (QED) is 0.712. The number of hydrogen-bond acceptors (Lipinski definition) is 3. The van der Waals surface area contributed by atoms with Gasteiger partial charge < -0.3 is 0 Å². The molecule has 78 valence electrons. The van der Waals surface area contributed by atoms with Gasteiger partial charge in [0.15, 0.2) is 5.69 Å². The molecule has 1 aromatic carbocycles. The van der Waals surface area contributed by atoms with E-state index in [1.54, 1.807) is 35.0 Å². The van der Waals surface area contributed by atoms with Crippen LogP contribution in [0.4, 0.5) is 0 Å². The van der Waals surface area contributed by atoms with Gasteiger partial charge in [-0.1, -0.05) is 0 Å². The van der Waals surface area contributed by atoms with E-state index in [1.165, 1.54) is 0 Å². The van der Waals surface area contributed by atoms with Gasteiger partial charge in [-0.25, -0.2) is 4.68 Å². The van der Waals surface area contributed by atoms with Crippen LogP contribution < -0.4 is 0 Å². The second-order valence-corrected chi connectivity index (χ2v) is 3.40. The molecule has 4 heteroatoms. The summed E-state index contributed by atoms with van der Waals surface area (Å²) >= 11 is 0. The Kier molecular flexibility index (Phi) is 2.52. The zero-order chi connectivity index (χ0) is 11.5. The number of carbonyl (C=O) groups excluding carboxylic acids is 1. The molecule has 0 fully saturated rings. The van der Waals surface area contributed by atoms with Crippen molar-refractivity contribution >= 4 is 6.29 Å². The number of nitrogens with zero attached hydrogens (tertiary/aromatic N) is 3. The molecule has 0 saturated heterocycles. The van der Waals surface area contributed by atoms with E-state index in [4.69, 9.17) is 5.26 Å². The third-order valence-corrected chi connectivity index (χ3v) is 2.28. The van der Waals surface area contributed by atoms with Crippen molar-refractivity contribution < 1.29 is 4.79 Å². The van der Waals surface area contributed by atoms with Gasteiger partial charge in [0.1, 0.15) is 12.4 Å². The molecule has 0 bridgehead atoms. The van der Waals surface area contributed by atoms with Gasteiger partial charge in [0.2, 0.25) is 0 Å². The summed E-state index contributed by atoms with van der Waals surface area (Å²) < 4.78 is 1.67. The van der Waals surface area contributed by atoms with Crippen LogP contribution in [-0.4, -0.2) is 16.1 Å². The van der Waals surface area contributed by atoms with Crippen LogP contribution in [0.2, 0.25) is 0 Å². The van der Waals surface area contributed by atoms with E-state index in [0.29, 0.717) is 11.3 Å². The van der Waals surface area contributed by atoms with Gasteiger partial charge in [-0.2, -0.15) is 10.4 Å². The molecule has 1 heterocycles. The first-order valence-electron chi connectivity index (χ1n) is 4.77. The van der Waals surface area contributed by atoms with Crippen LogP contribution >= 0.6 is 0 Å². The summed E-state index contributed by atoms with van der Waals surface area (Å²) in [5.74, 6) is 0. The average Bonchev–Trinajstić information content (AvgIpc) is 2.71. The lowest BCUT2D eigenvalue weighted by Gasteiger charge is -2.03. The average molecular weight is 211 g/mol. The molecular weight excluding hydrogens is 202 g/mol. The van der Waals surface area contributed by atoms with Crippen molar-refractivity contribution in [2.45, 2.75) is 6.92 Å². The first kappa shape index (κ1) is 10.1. The Hall–Kier alpha value is -2.41. The van der Waals surface area contributed by atoms with Gasteiger partial charge in [-0.05, 0) is 37.3 Å². The summed E-state index contributed by atoms with van der Waals surface area (Å²) in [5, 5.41) is 12.9. The van der Waals surface area contributed by atoms with Crippen molar-refractivity contribution in [2.75, 3.05) is 0 Å². The number of hydrogen-bond donors (Lipinski definition) is 0. The van der Waals surface area contributed by atoms with Crippen LogP contribution in [0.15, 0.2) is 30.3 Å². The normalized spacial score (nSPS) is 9.75. The minimum absolute atomic E-state index is 0.386. The number of aromatic nitrogens is 2. The maximum Gasteiger partial charge on any atom is 0.163 e. The van der Waals surface area contributed by atoms with E-state index in [1.807, 2.05) is 13.0 Å². The molecule has 0 aliphatic rings. The molecular formula is C12H9N3O. The van der Waals surface area contributed by atoms with Crippen LogP contribution in [-0.2, 0) is 0 Å². The standard InChI is InChI=1S/C12H9N3O/c1-9-6-11(7-13)14-15(9)12-4-2-10(8-16)3-5-12/h2-6,8H,1H3. The number of aryl methyl sites for hydroxylation is 1. The fraction of sp³-hybridized carbons (Fsp3) is 0.0833. The van der Waals surface area contributed by atoms with E-state index in [2.05, 4.69) is 5.10 Å². The van der Waals surface area contributed by atoms with Crippen LogP contribution in [0.1, 0.15) is 21.7 Å². The maximum absolute atomic E-state index is 10.5. The maximum atomic E-state index is 10.5. The molecule has 0 atom stereocenters. The Bertz CT molecular complexity index is 561. The molecule has 0 amide bonds. The molecule has 0 aliphatic heterocycles. The lowest BCUT2D eigenvalue weighted by Crippen LogP contribution is -1.98. The van der Waals surface area contributed by atoms with E-state index >= 15 is 0 Å². The minimum atomic E-state index is 0.386. The molecule has 2 aromatic rings. The van der Waals surface area contributed by atoms with E-state index < -0.39 is 0 Å². The second-order valence-electron chi connectivity index (χ2n) is 3.40. The summed E-state index contributed by atoms with van der Waals surface area (Å²) in [4.78, 5) is 10.5. The van der Waals surface area contributed by atoms with Crippen molar-refractivity contribution in [1.29, 1.82) is 5.26 Å². The third-order valence-electron chi connectivity index (χ3n) is 2.28. The molecule has 0 saturated carbocycles. The van der Waals surface area contributed by atoms with Gasteiger partial charge in [0.25, 0.3) is 0 Å². The third kappa shape index (κ3) is 1.71. The highest BCUT2D eigenvalue weighted by Crippen LogP contribution is 2.12. The second kappa shape index (κ2) is 3.99. The smallest absolute Gasteiger partial charge is 0.163 e. The number of aldehydes is 1.